The van der Waals surface area contributed by atoms with Crippen molar-refractivity contribution < 1.29 is 9.53 Å². The minimum Gasteiger partial charge on any atom is -0.455 e. The standard InChI is InChI=1S/C13H18O2/c1-7-9-5-8-6-10(12(8,2)3)13(9,4)15-11(7)14/h8-10H,1,5-6H2,2-4H3/t8-,9+,10-,13?/m0/s1. The van der Waals surface area contributed by atoms with Crippen LogP contribution in [0.4, 0.5) is 0 Å². The van der Waals surface area contributed by atoms with Crippen LogP contribution in [0, 0.1) is 23.2 Å². The molecule has 4 atom stereocenters. The van der Waals surface area contributed by atoms with E-state index in [2.05, 4.69) is 27.4 Å². The zero-order valence-electron chi connectivity index (χ0n) is 9.67. The largest absolute Gasteiger partial charge is 0.455 e. The van der Waals surface area contributed by atoms with Gasteiger partial charge in [-0.2, -0.15) is 0 Å². The first-order valence-corrected chi connectivity index (χ1v) is 5.79. The number of hydrogen-bond acceptors (Lipinski definition) is 2. The Kier molecular flexibility index (Phi) is 1.45. The number of esters is 1. The molecule has 2 bridgehead atoms. The number of hydrogen-bond donors (Lipinski definition) is 0. The van der Waals surface area contributed by atoms with Crippen LogP contribution in [0.1, 0.15) is 33.6 Å². The van der Waals surface area contributed by atoms with E-state index in [1.807, 2.05) is 0 Å². The van der Waals surface area contributed by atoms with E-state index in [9.17, 15) is 4.79 Å². The summed E-state index contributed by atoms with van der Waals surface area (Å²) < 4.78 is 5.61. The quantitative estimate of drug-likeness (QED) is 0.449. The fraction of sp³-hybridized carbons (Fsp3) is 0.769. The summed E-state index contributed by atoms with van der Waals surface area (Å²) in [7, 11) is 0. The van der Waals surface area contributed by atoms with Gasteiger partial charge in [0.05, 0.1) is 0 Å². The normalized spacial score (nSPS) is 50.7. The average Bonchev–Trinajstić information content (AvgIpc) is 2.37. The second-order valence-electron chi connectivity index (χ2n) is 6.19. The van der Waals surface area contributed by atoms with Gasteiger partial charge in [0.25, 0.3) is 0 Å². The number of rotatable bonds is 0. The lowest BCUT2D eigenvalue weighted by Crippen LogP contribution is -2.63. The number of ether oxygens (including phenoxy) is 1. The van der Waals surface area contributed by atoms with Crippen LogP contribution in [-0.2, 0) is 9.53 Å². The minimum absolute atomic E-state index is 0.161. The third-order valence-electron chi connectivity index (χ3n) is 5.37. The lowest BCUT2D eigenvalue weighted by atomic mass is 9.42. The van der Waals surface area contributed by atoms with Crippen LogP contribution in [0.3, 0.4) is 0 Å². The molecule has 0 aromatic heterocycles. The van der Waals surface area contributed by atoms with Crippen molar-refractivity contribution in [2.45, 2.75) is 39.2 Å². The Hall–Kier alpha value is -0.790. The summed E-state index contributed by atoms with van der Waals surface area (Å²) in [5, 5.41) is 0. The molecule has 0 aromatic rings. The van der Waals surface area contributed by atoms with Gasteiger partial charge in [-0.15, -0.1) is 0 Å². The molecule has 0 N–H and O–H groups in total. The molecule has 0 radical (unpaired) electrons. The number of carbonyl (C=O) groups is 1. The molecule has 2 nitrogen and oxygen atoms in total. The highest BCUT2D eigenvalue weighted by atomic mass is 16.6. The second kappa shape index (κ2) is 2.31. The van der Waals surface area contributed by atoms with Crippen LogP contribution < -0.4 is 0 Å². The average molecular weight is 206 g/mol. The highest BCUT2D eigenvalue weighted by Crippen LogP contribution is 2.68. The van der Waals surface area contributed by atoms with E-state index in [0.717, 1.165) is 12.3 Å². The lowest BCUT2D eigenvalue weighted by Gasteiger charge is -2.64. The van der Waals surface area contributed by atoms with Crippen LogP contribution in [-0.4, -0.2) is 11.6 Å². The van der Waals surface area contributed by atoms with Crippen molar-refractivity contribution in [1.82, 2.24) is 0 Å². The van der Waals surface area contributed by atoms with Crippen molar-refractivity contribution in [3.05, 3.63) is 12.2 Å². The van der Waals surface area contributed by atoms with Crippen LogP contribution >= 0.6 is 0 Å². The van der Waals surface area contributed by atoms with Crippen LogP contribution in [0.5, 0.6) is 0 Å². The van der Waals surface area contributed by atoms with E-state index in [1.165, 1.54) is 6.42 Å². The molecule has 1 saturated heterocycles. The Morgan fingerprint density at radius 1 is 1.33 bits per heavy atom. The van der Waals surface area contributed by atoms with Crippen molar-refractivity contribution >= 4 is 5.97 Å². The van der Waals surface area contributed by atoms with Crippen LogP contribution in [0.15, 0.2) is 12.2 Å². The molecule has 4 rings (SSSR count). The third-order valence-corrected chi connectivity index (χ3v) is 5.37. The smallest absolute Gasteiger partial charge is 0.334 e. The van der Waals surface area contributed by atoms with Gasteiger partial charge >= 0.3 is 5.97 Å². The van der Waals surface area contributed by atoms with Gasteiger partial charge in [-0.3, -0.25) is 0 Å². The van der Waals surface area contributed by atoms with Crippen molar-refractivity contribution in [3.63, 3.8) is 0 Å². The highest BCUT2D eigenvalue weighted by molar-refractivity contribution is 5.91. The predicted molar refractivity (Wildman–Crippen MR) is 57.1 cm³/mol. The zero-order valence-corrected chi connectivity index (χ0v) is 9.67. The van der Waals surface area contributed by atoms with E-state index in [0.29, 0.717) is 16.9 Å². The van der Waals surface area contributed by atoms with E-state index in [4.69, 9.17) is 4.74 Å². The Labute approximate surface area is 90.7 Å². The maximum absolute atomic E-state index is 11.6. The van der Waals surface area contributed by atoms with Crippen LogP contribution in [0.25, 0.3) is 0 Å². The molecule has 1 aliphatic heterocycles. The fourth-order valence-electron chi connectivity index (χ4n) is 4.19. The van der Waals surface area contributed by atoms with Crippen molar-refractivity contribution in [2.24, 2.45) is 23.2 Å². The molecule has 4 fully saturated rings. The molecule has 2 heteroatoms. The molecule has 3 aliphatic carbocycles. The summed E-state index contributed by atoms with van der Waals surface area (Å²) in [6.07, 6.45) is 2.31. The van der Waals surface area contributed by atoms with E-state index in [1.54, 1.807) is 0 Å². The van der Waals surface area contributed by atoms with Gasteiger partial charge in [-0.1, -0.05) is 20.4 Å². The predicted octanol–water partition coefficient (Wildman–Crippen LogP) is 2.54. The molecular weight excluding hydrogens is 188 g/mol. The SMILES string of the molecule is C=C1C(=O)OC2(C)[C@@H]1C[C@H]1C[C@H]2C1(C)C. The molecule has 82 valence electrons. The number of carbonyl (C=O) groups excluding carboxylic acids is 1. The summed E-state index contributed by atoms with van der Waals surface area (Å²) in [5.74, 6) is 1.40. The molecule has 0 spiro atoms. The summed E-state index contributed by atoms with van der Waals surface area (Å²) >= 11 is 0. The van der Waals surface area contributed by atoms with E-state index >= 15 is 0 Å². The summed E-state index contributed by atoms with van der Waals surface area (Å²) in [6, 6.07) is 0. The summed E-state index contributed by atoms with van der Waals surface area (Å²) in [6.45, 7) is 10.6. The van der Waals surface area contributed by atoms with Gasteiger partial charge in [0.1, 0.15) is 5.60 Å². The molecule has 0 aromatic carbocycles. The molecule has 0 amide bonds. The van der Waals surface area contributed by atoms with Crippen LogP contribution in [0.2, 0.25) is 0 Å². The lowest BCUT2D eigenvalue weighted by molar-refractivity contribution is -0.213. The first-order valence-electron chi connectivity index (χ1n) is 5.79. The Bertz CT molecular complexity index is 369. The molecule has 1 heterocycles. The first kappa shape index (κ1) is 9.44. The van der Waals surface area contributed by atoms with Gasteiger partial charge in [-0.25, -0.2) is 4.79 Å². The highest BCUT2D eigenvalue weighted by Gasteiger charge is 2.68. The fourth-order valence-corrected chi connectivity index (χ4v) is 4.19. The second-order valence-corrected chi connectivity index (χ2v) is 6.19. The van der Waals surface area contributed by atoms with Gasteiger partial charge in [0.15, 0.2) is 0 Å². The minimum atomic E-state index is -0.258. The topological polar surface area (TPSA) is 26.3 Å². The van der Waals surface area contributed by atoms with Gasteiger partial charge in [-0.05, 0) is 31.1 Å². The molecule has 3 saturated carbocycles. The van der Waals surface area contributed by atoms with E-state index < -0.39 is 0 Å². The van der Waals surface area contributed by atoms with Crippen molar-refractivity contribution in [3.8, 4) is 0 Å². The van der Waals surface area contributed by atoms with Crippen molar-refractivity contribution in [2.75, 3.05) is 0 Å². The summed E-state index contributed by atoms with van der Waals surface area (Å²) in [5.41, 5.74) is 0.797. The molecule has 15 heavy (non-hydrogen) atoms. The Balaban J connectivity index is 2.04. The van der Waals surface area contributed by atoms with Gasteiger partial charge < -0.3 is 4.74 Å². The van der Waals surface area contributed by atoms with Crippen molar-refractivity contribution in [1.29, 1.82) is 0 Å². The molecule has 1 unspecified atom stereocenters. The monoisotopic (exact) mass is 206 g/mol. The summed E-state index contributed by atoms with van der Waals surface area (Å²) in [4.78, 5) is 11.6. The maximum Gasteiger partial charge on any atom is 0.334 e. The van der Waals surface area contributed by atoms with E-state index in [-0.39, 0.29) is 17.5 Å². The zero-order chi connectivity index (χ0) is 11.0. The Morgan fingerprint density at radius 2 is 2.00 bits per heavy atom. The first-order chi connectivity index (χ1) is 6.87. The molecular formula is C13H18O2. The third kappa shape index (κ3) is 0.849. The molecule has 4 aliphatic rings. The van der Waals surface area contributed by atoms with Gasteiger partial charge in [0, 0.05) is 17.4 Å². The maximum atomic E-state index is 11.6. The Morgan fingerprint density at radius 3 is 2.60 bits per heavy atom. The van der Waals surface area contributed by atoms with Gasteiger partial charge in [0.2, 0.25) is 0 Å².